The normalized spacial score (nSPS) is 11.7. The van der Waals surface area contributed by atoms with Crippen LogP contribution in [-0.4, -0.2) is 28.1 Å². The van der Waals surface area contributed by atoms with Crippen molar-refractivity contribution in [2.75, 3.05) is 19.6 Å². The third-order valence-corrected chi connectivity index (χ3v) is 4.20. The van der Waals surface area contributed by atoms with E-state index in [9.17, 15) is 12.8 Å². The minimum absolute atomic E-state index is 0.00980. The maximum Gasteiger partial charge on any atom is 0.242 e. The van der Waals surface area contributed by atoms with Gasteiger partial charge in [0.1, 0.15) is 10.7 Å². The molecule has 18 heavy (non-hydrogen) atoms. The van der Waals surface area contributed by atoms with E-state index in [4.69, 9.17) is 11.6 Å². The van der Waals surface area contributed by atoms with Gasteiger partial charge in [-0.15, -0.1) is 0 Å². The molecule has 1 rings (SSSR count). The molecule has 0 fully saturated rings. The fourth-order valence-electron chi connectivity index (χ4n) is 1.36. The smallest absolute Gasteiger partial charge is 0.242 e. The predicted molar refractivity (Wildman–Crippen MR) is 69.8 cm³/mol. The molecule has 0 aliphatic rings. The molecular weight excluding hydrogens is 279 g/mol. The molecule has 0 saturated heterocycles. The van der Waals surface area contributed by atoms with Crippen molar-refractivity contribution in [3.63, 3.8) is 0 Å². The number of nitrogens with one attached hydrogen (secondary N) is 2. The van der Waals surface area contributed by atoms with Crippen LogP contribution in [0.1, 0.15) is 13.3 Å². The molecule has 0 atom stereocenters. The number of hydrogen-bond acceptors (Lipinski definition) is 3. The van der Waals surface area contributed by atoms with Gasteiger partial charge in [0, 0.05) is 6.54 Å². The van der Waals surface area contributed by atoms with Crippen LogP contribution in [-0.2, 0) is 10.0 Å². The zero-order valence-corrected chi connectivity index (χ0v) is 11.6. The molecular formula is C11H16ClFN2O2S. The van der Waals surface area contributed by atoms with Gasteiger partial charge in [-0.1, -0.05) is 18.5 Å². The van der Waals surface area contributed by atoms with Gasteiger partial charge in [0.25, 0.3) is 0 Å². The van der Waals surface area contributed by atoms with Crippen LogP contribution in [0, 0.1) is 5.82 Å². The molecule has 1 aromatic carbocycles. The Morgan fingerprint density at radius 1 is 1.33 bits per heavy atom. The van der Waals surface area contributed by atoms with Gasteiger partial charge in [-0.3, -0.25) is 0 Å². The van der Waals surface area contributed by atoms with E-state index in [2.05, 4.69) is 10.0 Å². The maximum atomic E-state index is 13.0. The second-order valence-electron chi connectivity index (χ2n) is 3.68. The summed E-state index contributed by atoms with van der Waals surface area (Å²) >= 11 is 5.75. The molecule has 7 heteroatoms. The van der Waals surface area contributed by atoms with Crippen molar-refractivity contribution in [2.24, 2.45) is 0 Å². The largest absolute Gasteiger partial charge is 0.317 e. The minimum atomic E-state index is -3.75. The van der Waals surface area contributed by atoms with Crippen LogP contribution >= 0.6 is 11.6 Å². The lowest BCUT2D eigenvalue weighted by Crippen LogP contribution is -2.27. The molecule has 0 saturated carbocycles. The first-order valence-corrected chi connectivity index (χ1v) is 7.49. The average molecular weight is 295 g/mol. The summed E-state index contributed by atoms with van der Waals surface area (Å²) in [6.45, 7) is 3.80. The summed E-state index contributed by atoms with van der Waals surface area (Å²) < 4.78 is 39.1. The Morgan fingerprint density at radius 2 is 2.06 bits per heavy atom. The fourth-order valence-corrected chi connectivity index (χ4v) is 2.94. The van der Waals surface area contributed by atoms with Gasteiger partial charge in [-0.05, 0) is 37.7 Å². The van der Waals surface area contributed by atoms with Crippen molar-refractivity contribution < 1.29 is 12.8 Å². The standard InChI is InChI=1S/C11H16ClFN2O2S/c1-2-14-6-3-7-15-18(16,17)11-8-9(13)4-5-10(11)12/h4-5,8,14-15H,2-3,6-7H2,1H3. The molecule has 4 nitrogen and oxygen atoms in total. The van der Waals surface area contributed by atoms with Gasteiger partial charge in [0.05, 0.1) is 5.02 Å². The average Bonchev–Trinajstić information content (AvgIpc) is 2.32. The summed E-state index contributed by atoms with van der Waals surface area (Å²) in [6.07, 6.45) is 0.653. The van der Waals surface area contributed by atoms with Crippen LogP contribution in [0.2, 0.25) is 5.02 Å². The Morgan fingerprint density at radius 3 is 2.72 bits per heavy atom. The first kappa shape index (κ1) is 15.4. The molecule has 2 N–H and O–H groups in total. The van der Waals surface area contributed by atoms with Crippen LogP contribution in [0.4, 0.5) is 4.39 Å². The zero-order chi connectivity index (χ0) is 13.6. The summed E-state index contributed by atoms with van der Waals surface area (Å²) in [4.78, 5) is -0.229. The van der Waals surface area contributed by atoms with Crippen molar-refractivity contribution in [1.29, 1.82) is 0 Å². The lowest BCUT2D eigenvalue weighted by atomic mass is 10.3. The van der Waals surface area contributed by atoms with E-state index in [1.165, 1.54) is 6.07 Å². The molecule has 1 aromatic rings. The van der Waals surface area contributed by atoms with Gasteiger partial charge >= 0.3 is 0 Å². The molecule has 0 heterocycles. The number of benzene rings is 1. The zero-order valence-electron chi connectivity index (χ0n) is 10.0. The lowest BCUT2D eigenvalue weighted by Gasteiger charge is -2.08. The minimum Gasteiger partial charge on any atom is -0.317 e. The Labute approximate surface area is 112 Å². The third kappa shape index (κ3) is 4.53. The quantitative estimate of drug-likeness (QED) is 0.754. The van der Waals surface area contributed by atoms with E-state index in [-0.39, 0.29) is 16.5 Å². The van der Waals surface area contributed by atoms with Crippen molar-refractivity contribution >= 4 is 21.6 Å². The highest BCUT2D eigenvalue weighted by Crippen LogP contribution is 2.21. The summed E-state index contributed by atoms with van der Waals surface area (Å²) in [7, 11) is -3.75. The Balaban J connectivity index is 2.66. The van der Waals surface area contributed by atoms with E-state index < -0.39 is 15.8 Å². The van der Waals surface area contributed by atoms with Crippen molar-refractivity contribution in [3.05, 3.63) is 29.0 Å². The molecule has 0 radical (unpaired) electrons. The Kier molecular flexibility index (Phi) is 6.01. The summed E-state index contributed by atoms with van der Waals surface area (Å²) in [5.74, 6) is -0.632. The number of rotatable bonds is 7. The summed E-state index contributed by atoms with van der Waals surface area (Å²) in [6, 6.07) is 3.26. The van der Waals surface area contributed by atoms with E-state index in [0.29, 0.717) is 6.42 Å². The monoisotopic (exact) mass is 294 g/mol. The molecule has 0 aliphatic heterocycles. The van der Waals surface area contributed by atoms with E-state index in [1.54, 1.807) is 0 Å². The van der Waals surface area contributed by atoms with Gasteiger partial charge < -0.3 is 5.32 Å². The first-order valence-electron chi connectivity index (χ1n) is 5.63. The van der Waals surface area contributed by atoms with Crippen LogP contribution in [0.5, 0.6) is 0 Å². The molecule has 0 bridgehead atoms. The number of halogens is 2. The molecule has 0 aromatic heterocycles. The van der Waals surface area contributed by atoms with Gasteiger partial charge in [-0.25, -0.2) is 17.5 Å². The topological polar surface area (TPSA) is 58.2 Å². The van der Waals surface area contributed by atoms with Crippen molar-refractivity contribution in [1.82, 2.24) is 10.0 Å². The van der Waals surface area contributed by atoms with Gasteiger partial charge in [-0.2, -0.15) is 0 Å². The van der Waals surface area contributed by atoms with Gasteiger partial charge in [0.15, 0.2) is 0 Å². The van der Waals surface area contributed by atoms with Gasteiger partial charge in [0.2, 0.25) is 10.0 Å². The number of sulfonamides is 1. The highest BCUT2D eigenvalue weighted by Gasteiger charge is 2.17. The third-order valence-electron chi connectivity index (χ3n) is 2.26. The van der Waals surface area contributed by atoms with E-state index >= 15 is 0 Å². The van der Waals surface area contributed by atoms with Crippen LogP contribution < -0.4 is 10.0 Å². The predicted octanol–water partition coefficient (Wildman–Crippen LogP) is 1.76. The van der Waals surface area contributed by atoms with Crippen LogP contribution in [0.3, 0.4) is 0 Å². The molecule has 0 amide bonds. The SMILES string of the molecule is CCNCCCNS(=O)(=O)c1cc(F)ccc1Cl. The summed E-state index contributed by atoms with van der Waals surface area (Å²) in [5.41, 5.74) is 0. The van der Waals surface area contributed by atoms with E-state index in [1.807, 2.05) is 6.92 Å². The van der Waals surface area contributed by atoms with Crippen molar-refractivity contribution in [2.45, 2.75) is 18.2 Å². The van der Waals surface area contributed by atoms with E-state index in [0.717, 1.165) is 25.2 Å². The first-order chi connectivity index (χ1) is 8.47. The highest BCUT2D eigenvalue weighted by atomic mass is 35.5. The molecule has 0 spiro atoms. The Bertz CT molecular complexity index is 494. The highest BCUT2D eigenvalue weighted by molar-refractivity contribution is 7.89. The number of hydrogen-bond donors (Lipinski definition) is 2. The second kappa shape index (κ2) is 7.04. The summed E-state index contributed by atoms with van der Waals surface area (Å²) in [5, 5.41) is 3.08. The van der Waals surface area contributed by atoms with Crippen LogP contribution in [0.15, 0.2) is 23.1 Å². The fraction of sp³-hybridized carbons (Fsp3) is 0.455. The molecule has 102 valence electrons. The molecule has 0 unspecified atom stereocenters. The second-order valence-corrected chi connectivity index (χ2v) is 5.82. The lowest BCUT2D eigenvalue weighted by molar-refractivity contribution is 0.572. The Hall–Kier alpha value is -0.690. The van der Waals surface area contributed by atoms with Crippen molar-refractivity contribution in [3.8, 4) is 0 Å². The maximum absolute atomic E-state index is 13.0. The molecule has 0 aliphatic carbocycles. The van der Waals surface area contributed by atoms with Crippen LogP contribution in [0.25, 0.3) is 0 Å².